The van der Waals surface area contributed by atoms with Crippen molar-refractivity contribution in [1.29, 1.82) is 0 Å². The second-order valence-corrected chi connectivity index (χ2v) is 11.8. The van der Waals surface area contributed by atoms with Gasteiger partial charge < -0.3 is 14.3 Å². The number of aromatic amines is 1. The zero-order valence-corrected chi connectivity index (χ0v) is 23.7. The molecule has 2 aromatic heterocycles. The molecule has 0 bridgehead atoms. The van der Waals surface area contributed by atoms with E-state index in [-0.39, 0.29) is 33.4 Å². The summed E-state index contributed by atoms with van der Waals surface area (Å²) in [6.07, 6.45) is 8.00. The van der Waals surface area contributed by atoms with Crippen molar-refractivity contribution >= 4 is 57.1 Å². The molecule has 0 unspecified atom stereocenters. The Balaban J connectivity index is 1.20. The fraction of sp³-hybridized carbons (Fsp3) is 0.323. The van der Waals surface area contributed by atoms with Crippen molar-refractivity contribution in [2.45, 2.75) is 51.0 Å². The Bertz CT molecular complexity index is 1770. The number of imidazole rings is 2. The van der Waals surface area contributed by atoms with Gasteiger partial charge in [0.1, 0.15) is 17.4 Å². The van der Waals surface area contributed by atoms with E-state index in [0.29, 0.717) is 29.2 Å². The molecule has 7 rings (SSSR count). The van der Waals surface area contributed by atoms with E-state index in [1.54, 1.807) is 18.2 Å². The topological polar surface area (TPSA) is 84.8 Å². The van der Waals surface area contributed by atoms with Crippen LogP contribution in [-0.2, 0) is 0 Å². The molecule has 7 nitrogen and oxygen atoms in total. The molecule has 1 amide bonds. The van der Waals surface area contributed by atoms with E-state index >= 15 is 0 Å². The number of fused-ring (bicyclic) bond motifs is 2. The number of nitrogens with one attached hydrogen (secondary N) is 2. The molecular formula is C31H28Cl2FN5O2. The maximum absolute atomic E-state index is 14.5. The lowest BCUT2D eigenvalue weighted by Crippen LogP contribution is -2.17. The number of ether oxygens (including phenoxy) is 1. The lowest BCUT2D eigenvalue weighted by Gasteiger charge is -2.17. The summed E-state index contributed by atoms with van der Waals surface area (Å²) in [5.41, 5.74) is 3.12. The van der Waals surface area contributed by atoms with Crippen LogP contribution in [0.1, 0.15) is 61.3 Å². The molecule has 10 heteroatoms. The zero-order chi connectivity index (χ0) is 28.1. The molecule has 2 N–H and O–H groups in total. The average molecular weight is 593 g/mol. The maximum Gasteiger partial charge on any atom is 0.258 e. The van der Waals surface area contributed by atoms with Crippen LogP contribution in [0, 0.1) is 11.7 Å². The van der Waals surface area contributed by atoms with Crippen molar-refractivity contribution in [3.63, 3.8) is 0 Å². The van der Waals surface area contributed by atoms with E-state index in [1.807, 2.05) is 18.2 Å². The summed E-state index contributed by atoms with van der Waals surface area (Å²) in [6.45, 7) is 0.707. The second-order valence-electron chi connectivity index (χ2n) is 11.0. The third-order valence-corrected chi connectivity index (χ3v) is 8.69. The molecule has 41 heavy (non-hydrogen) atoms. The Hall–Kier alpha value is -3.62. The Morgan fingerprint density at radius 3 is 2.63 bits per heavy atom. The van der Waals surface area contributed by atoms with Gasteiger partial charge in [-0.25, -0.2) is 14.4 Å². The number of hydrogen-bond acceptors (Lipinski definition) is 4. The number of carbonyl (C=O) groups is 1. The molecule has 2 aliphatic rings. The molecule has 0 radical (unpaired) electrons. The van der Waals surface area contributed by atoms with E-state index in [4.69, 9.17) is 32.9 Å². The highest BCUT2D eigenvalue weighted by Gasteiger charge is 2.25. The van der Waals surface area contributed by atoms with Crippen LogP contribution in [0.5, 0.6) is 5.75 Å². The lowest BCUT2D eigenvalue weighted by atomic mass is 10.2. The minimum atomic E-state index is -0.507. The summed E-state index contributed by atoms with van der Waals surface area (Å²) in [6, 6.07) is 13.8. The van der Waals surface area contributed by atoms with E-state index in [2.05, 4.69) is 19.9 Å². The smallest absolute Gasteiger partial charge is 0.258 e. The molecule has 210 valence electrons. The van der Waals surface area contributed by atoms with Gasteiger partial charge in [0, 0.05) is 17.7 Å². The number of halogens is 3. The van der Waals surface area contributed by atoms with Gasteiger partial charge in [0.25, 0.3) is 5.91 Å². The van der Waals surface area contributed by atoms with Crippen LogP contribution in [0.4, 0.5) is 10.3 Å². The molecule has 0 spiro atoms. The molecule has 2 saturated carbocycles. The van der Waals surface area contributed by atoms with Crippen molar-refractivity contribution in [3.05, 3.63) is 70.0 Å². The maximum atomic E-state index is 14.5. The molecule has 0 aliphatic heterocycles. The summed E-state index contributed by atoms with van der Waals surface area (Å²) >= 11 is 12.8. The minimum Gasteiger partial charge on any atom is -0.494 e. The van der Waals surface area contributed by atoms with Crippen molar-refractivity contribution in [3.8, 4) is 17.1 Å². The number of amides is 1. The van der Waals surface area contributed by atoms with Crippen LogP contribution < -0.4 is 10.1 Å². The normalized spacial score (nSPS) is 15.7. The third kappa shape index (κ3) is 5.15. The third-order valence-electron chi connectivity index (χ3n) is 8.07. The van der Waals surface area contributed by atoms with Crippen LogP contribution >= 0.6 is 23.2 Å². The fourth-order valence-electron chi connectivity index (χ4n) is 5.75. The highest BCUT2D eigenvalue weighted by molar-refractivity contribution is 6.36. The Morgan fingerprint density at radius 2 is 1.85 bits per heavy atom. The van der Waals surface area contributed by atoms with Gasteiger partial charge >= 0.3 is 0 Å². The summed E-state index contributed by atoms with van der Waals surface area (Å²) < 4.78 is 22.7. The van der Waals surface area contributed by atoms with Gasteiger partial charge in [-0.05, 0) is 61.6 Å². The van der Waals surface area contributed by atoms with E-state index in [9.17, 15) is 9.18 Å². The molecule has 2 heterocycles. The van der Waals surface area contributed by atoms with E-state index < -0.39 is 5.82 Å². The summed E-state index contributed by atoms with van der Waals surface area (Å²) in [7, 11) is 0. The molecule has 2 aliphatic carbocycles. The van der Waals surface area contributed by atoms with Gasteiger partial charge in [-0.3, -0.25) is 10.1 Å². The standard InChI is InChI=1S/C31H28Cl2FN5O2/c32-21-6-3-7-23(34)27(21)29-35-25-15-18(14-22(33)28(25)37-29)30(40)38-31-36-24-11-10-20(41-13-12-17-8-9-17)16-26(24)39(31)19-4-1-2-5-19/h3,6-7,10-11,14-17,19H,1-2,4-5,8-9,12-13H2,(H,35,37)(H,36,38,40). The van der Waals surface area contributed by atoms with Crippen LogP contribution in [-0.4, -0.2) is 32.0 Å². The van der Waals surface area contributed by atoms with Crippen LogP contribution in [0.15, 0.2) is 48.5 Å². The first kappa shape index (κ1) is 26.3. The first-order chi connectivity index (χ1) is 19.9. The Morgan fingerprint density at radius 1 is 1.02 bits per heavy atom. The zero-order valence-electron chi connectivity index (χ0n) is 22.2. The minimum absolute atomic E-state index is 0.147. The number of benzene rings is 3. The molecule has 0 atom stereocenters. The second kappa shape index (κ2) is 10.7. The highest BCUT2D eigenvalue weighted by Crippen LogP contribution is 2.38. The number of aromatic nitrogens is 4. The monoisotopic (exact) mass is 591 g/mol. The molecular weight excluding hydrogens is 564 g/mol. The quantitative estimate of drug-likeness (QED) is 0.189. The average Bonchev–Trinajstić information content (AvgIpc) is 3.30. The van der Waals surface area contributed by atoms with E-state index in [0.717, 1.165) is 54.8 Å². The molecule has 0 saturated heterocycles. The Labute approximate surface area is 246 Å². The van der Waals surface area contributed by atoms with Crippen LogP contribution in [0.25, 0.3) is 33.5 Å². The molecule has 3 aromatic carbocycles. The van der Waals surface area contributed by atoms with Gasteiger partial charge in [-0.15, -0.1) is 0 Å². The van der Waals surface area contributed by atoms with Gasteiger partial charge in [0.15, 0.2) is 0 Å². The van der Waals surface area contributed by atoms with Crippen molar-refractivity contribution in [1.82, 2.24) is 19.5 Å². The number of H-pyrrole nitrogens is 1. The number of nitrogens with zero attached hydrogens (tertiary/aromatic N) is 3. The van der Waals surface area contributed by atoms with Crippen molar-refractivity contribution < 1.29 is 13.9 Å². The van der Waals surface area contributed by atoms with Gasteiger partial charge in [-0.1, -0.05) is 55.0 Å². The van der Waals surface area contributed by atoms with E-state index in [1.165, 1.54) is 25.0 Å². The first-order valence-corrected chi connectivity index (χ1v) is 14.8. The number of carbonyl (C=O) groups excluding carboxylic acids is 1. The lowest BCUT2D eigenvalue weighted by molar-refractivity contribution is 0.102. The largest absolute Gasteiger partial charge is 0.494 e. The van der Waals surface area contributed by atoms with Crippen LogP contribution in [0.3, 0.4) is 0 Å². The summed E-state index contributed by atoms with van der Waals surface area (Å²) in [5.74, 6) is 1.48. The van der Waals surface area contributed by atoms with Gasteiger partial charge in [0.2, 0.25) is 5.95 Å². The predicted molar refractivity (Wildman–Crippen MR) is 160 cm³/mol. The van der Waals surface area contributed by atoms with Gasteiger partial charge in [0.05, 0.1) is 44.3 Å². The predicted octanol–water partition coefficient (Wildman–Crippen LogP) is 8.57. The fourth-order valence-corrected chi connectivity index (χ4v) is 6.27. The molecule has 5 aromatic rings. The number of rotatable bonds is 8. The van der Waals surface area contributed by atoms with Gasteiger partial charge in [-0.2, -0.15) is 0 Å². The molecule has 2 fully saturated rings. The number of anilines is 1. The van der Waals surface area contributed by atoms with Crippen LogP contribution in [0.2, 0.25) is 10.0 Å². The number of hydrogen-bond donors (Lipinski definition) is 2. The van der Waals surface area contributed by atoms with Crippen molar-refractivity contribution in [2.24, 2.45) is 5.92 Å². The SMILES string of the molecule is O=C(Nc1nc2ccc(OCCC3CC3)cc2n1C1CCCC1)c1cc(Cl)c2[nH]c(-c3c(F)cccc3Cl)nc2c1. The van der Waals surface area contributed by atoms with Crippen molar-refractivity contribution in [2.75, 3.05) is 11.9 Å². The summed E-state index contributed by atoms with van der Waals surface area (Å²) in [4.78, 5) is 25.9. The summed E-state index contributed by atoms with van der Waals surface area (Å²) in [5, 5.41) is 3.53. The first-order valence-electron chi connectivity index (χ1n) is 14.0. The highest BCUT2D eigenvalue weighted by atomic mass is 35.5. The Kier molecular flexibility index (Phi) is 6.83.